The van der Waals surface area contributed by atoms with Crippen LogP contribution in [0.3, 0.4) is 0 Å². The fourth-order valence-electron chi connectivity index (χ4n) is 1.87. The molecule has 0 saturated carbocycles. The van der Waals surface area contributed by atoms with E-state index >= 15 is 0 Å². The Labute approximate surface area is 119 Å². The first kappa shape index (κ1) is 13.7. The Balaban J connectivity index is 2.35. The van der Waals surface area contributed by atoms with Gasteiger partial charge in [-0.15, -0.1) is 0 Å². The molecule has 0 spiro atoms. The van der Waals surface area contributed by atoms with Gasteiger partial charge >= 0.3 is 0 Å². The van der Waals surface area contributed by atoms with Gasteiger partial charge in [-0.3, -0.25) is 14.2 Å². The molecule has 0 fully saturated rings. The summed E-state index contributed by atoms with van der Waals surface area (Å²) in [5.74, 6) is 0.425. The number of ketones is 1. The van der Waals surface area contributed by atoms with Crippen LogP contribution in [-0.2, 0) is 6.54 Å². The number of carbonyl (C=O) groups is 1. The summed E-state index contributed by atoms with van der Waals surface area (Å²) in [4.78, 5) is 28.3. The number of Topliss-reactive ketones (excluding diaryl/α,β-unsaturated/α-hetero) is 1. The Morgan fingerprint density at radius 1 is 1.32 bits per heavy atom. The van der Waals surface area contributed by atoms with E-state index in [0.29, 0.717) is 17.1 Å². The lowest BCUT2D eigenvalue weighted by Gasteiger charge is -2.09. The summed E-state index contributed by atoms with van der Waals surface area (Å²) in [6, 6.07) is 8.59. The van der Waals surface area contributed by atoms with Crippen LogP contribution in [0.15, 0.2) is 39.6 Å². The maximum Gasteiger partial charge on any atom is 0.254 e. The van der Waals surface area contributed by atoms with Crippen LogP contribution >= 0.6 is 15.9 Å². The Morgan fingerprint density at radius 2 is 2.00 bits per heavy atom. The second-order valence-corrected chi connectivity index (χ2v) is 5.13. The average Bonchev–Trinajstić information content (AvgIpc) is 2.34. The van der Waals surface area contributed by atoms with E-state index < -0.39 is 0 Å². The minimum atomic E-state index is -0.203. The van der Waals surface area contributed by atoms with Gasteiger partial charge in [0.25, 0.3) is 5.56 Å². The van der Waals surface area contributed by atoms with Crippen molar-refractivity contribution in [3.05, 3.63) is 62.2 Å². The van der Waals surface area contributed by atoms with Gasteiger partial charge in [0.1, 0.15) is 5.82 Å². The maximum absolute atomic E-state index is 12.2. The van der Waals surface area contributed by atoms with Crippen molar-refractivity contribution in [1.29, 1.82) is 0 Å². The third-order valence-electron chi connectivity index (χ3n) is 2.80. The van der Waals surface area contributed by atoms with Gasteiger partial charge in [-0.2, -0.15) is 0 Å². The second kappa shape index (κ2) is 5.48. The molecule has 0 aliphatic heterocycles. The summed E-state index contributed by atoms with van der Waals surface area (Å²) in [6.07, 6.45) is 0. The van der Waals surface area contributed by atoms with Crippen LogP contribution in [-0.4, -0.2) is 15.3 Å². The van der Waals surface area contributed by atoms with Crippen molar-refractivity contribution >= 4 is 21.7 Å². The topological polar surface area (TPSA) is 52.0 Å². The normalized spacial score (nSPS) is 10.5. The standard InChI is InChI=1S/C14H13BrN2O2/c1-9-7-14(19)17(10(2)16-9)8-13(18)11-5-3-4-6-12(11)15/h3-7H,8H2,1-2H3. The second-order valence-electron chi connectivity index (χ2n) is 4.27. The summed E-state index contributed by atoms with van der Waals surface area (Å²) in [5.41, 5.74) is 1.02. The van der Waals surface area contributed by atoms with Gasteiger partial charge in [-0.25, -0.2) is 4.98 Å². The predicted octanol–water partition coefficient (Wildman–Crippen LogP) is 2.51. The van der Waals surface area contributed by atoms with Gasteiger partial charge in [0.05, 0.1) is 6.54 Å². The van der Waals surface area contributed by atoms with Gasteiger partial charge in [0, 0.05) is 21.8 Å². The molecule has 1 aromatic carbocycles. The SMILES string of the molecule is Cc1cc(=O)n(CC(=O)c2ccccc2Br)c(C)n1. The molecule has 2 rings (SSSR count). The molecule has 19 heavy (non-hydrogen) atoms. The van der Waals surface area contributed by atoms with E-state index in [1.165, 1.54) is 10.6 Å². The fraction of sp³-hybridized carbons (Fsp3) is 0.214. The molecule has 0 aliphatic rings. The number of nitrogens with zero attached hydrogens (tertiary/aromatic N) is 2. The van der Waals surface area contributed by atoms with E-state index in [2.05, 4.69) is 20.9 Å². The number of aryl methyl sites for hydroxylation is 2. The monoisotopic (exact) mass is 320 g/mol. The Bertz CT molecular complexity index is 692. The quantitative estimate of drug-likeness (QED) is 0.816. The first-order valence-electron chi connectivity index (χ1n) is 5.82. The number of aromatic nitrogens is 2. The van der Waals surface area contributed by atoms with Crippen molar-refractivity contribution in [3.8, 4) is 0 Å². The zero-order valence-corrected chi connectivity index (χ0v) is 12.3. The molecule has 1 aromatic heterocycles. The van der Waals surface area contributed by atoms with Crippen LogP contribution in [0.1, 0.15) is 21.9 Å². The van der Waals surface area contributed by atoms with Crippen LogP contribution in [0.5, 0.6) is 0 Å². The number of carbonyl (C=O) groups excluding carboxylic acids is 1. The summed E-state index contributed by atoms with van der Waals surface area (Å²) in [6.45, 7) is 3.48. The third kappa shape index (κ3) is 2.98. The zero-order chi connectivity index (χ0) is 14.0. The Kier molecular flexibility index (Phi) is 3.95. The molecule has 5 heteroatoms. The number of hydrogen-bond donors (Lipinski definition) is 0. The molecule has 4 nitrogen and oxygen atoms in total. The number of benzene rings is 1. The highest BCUT2D eigenvalue weighted by atomic mass is 79.9. The molecular formula is C14H13BrN2O2. The minimum Gasteiger partial charge on any atom is -0.292 e. The predicted molar refractivity (Wildman–Crippen MR) is 76.4 cm³/mol. The molecule has 1 heterocycles. The van der Waals surface area contributed by atoms with Gasteiger partial charge in [-0.05, 0) is 19.9 Å². The van der Waals surface area contributed by atoms with Crippen LogP contribution in [0, 0.1) is 13.8 Å². The van der Waals surface area contributed by atoms with Crippen LogP contribution in [0.4, 0.5) is 0 Å². The van der Waals surface area contributed by atoms with Crippen molar-refractivity contribution in [2.45, 2.75) is 20.4 Å². The molecule has 2 aromatic rings. The lowest BCUT2D eigenvalue weighted by molar-refractivity contribution is 0.0968. The van der Waals surface area contributed by atoms with Crippen molar-refractivity contribution in [2.75, 3.05) is 0 Å². The third-order valence-corrected chi connectivity index (χ3v) is 3.49. The Morgan fingerprint density at radius 3 is 2.63 bits per heavy atom. The molecule has 0 aliphatic carbocycles. The lowest BCUT2D eigenvalue weighted by Crippen LogP contribution is -2.27. The summed E-state index contributed by atoms with van der Waals surface area (Å²) in [7, 11) is 0. The van der Waals surface area contributed by atoms with Crippen molar-refractivity contribution in [3.63, 3.8) is 0 Å². The van der Waals surface area contributed by atoms with Crippen LogP contribution < -0.4 is 5.56 Å². The van der Waals surface area contributed by atoms with E-state index in [-0.39, 0.29) is 17.9 Å². The largest absolute Gasteiger partial charge is 0.292 e. The minimum absolute atomic E-state index is 0.000556. The molecule has 0 saturated heterocycles. The van der Waals surface area contributed by atoms with E-state index in [9.17, 15) is 9.59 Å². The molecule has 0 bridgehead atoms. The van der Waals surface area contributed by atoms with Crippen LogP contribution in [0.25, 0.3) is 0 Å². The molecular weight excluding hydrogens is 308 g/mol. The lowest BCUT2D eigenvalue weighted by atomic mass is 10.1. The molecule has 0 radical (unpaired) electrons. The van der Waals surface area contributed by atoms with Crippen LogP contribution in [0.2, 0.25) is 0 Å². The van der Waals surface area contributed by atoms with Crippen molar-refractivity contribution < 1.29 is 4.79 Å². The molecule has 0 unspecified atom stereocenters. The van der Waals surface area contributed by atoms with Gasteiger partial charge in [0.2, 0.25) is 0 Å². The van der Waals surface area contributed by atoms with Gasteiger partial charge in [0.15, 0.2) is 5.78 Å². The van der Waals surface area contributed by atoms with E-state index in [0.717, 1.165) is 4.47 Å². The van der Waals surface area contributed by atoms with Crippen molar-refractivity contribution in [1.82, 2.24) is 9.55 Å². The fourth-order valence-corrected chi connectivity index (χ4v) is 2.38. The van der Waals surface area contributed by atoms with E-state index in [1.54, 1.807) is 32.0 Å². The van der Waals surface area contributed by atoms with E-state index in [1.807, 2.05) is 6.07 Å². The van der Waals surface area contributed by atoms with E-state index in [4.69, 9.17) is 0 Å². The van der Waals surface area contributed by atoms with Gasteiger partial charge < -0.3 is 0 Å². The average molecular weight is 321 g/mol. The zero-order valence-electron chi connectivity index (χ0n) is 10.7. The first-order valence-corrected chi connectivity index (χ1v) is 6.61. The smallest absolute Gasteiger partial charge is 0.254 e. The van der Waals surface area contributed by atoms with Gasteiger partial charge in [-0.1, -0.05) is 34.1 Å². The number of hydrogen-bond acceptors (Lipinski definition) is 3. The molecule has 98 valence electrons. The summed E-state index contributed by atoms with van der Waals surface area (Å²) < 4.78 is 2.11. The van der Waals surface area contributed by atoms with Crippen molar-refractivity contribution in [2.24, 2.45) is 0 Å². The molecule has 0 N–H and O–H groups in total. The Hall–Kier alpha value is -1.75. The first-order chi connectivity index (χ1) is 8.99. The molecule has 0 amide bonds. The maximum atomic E-state index is 12.2. The number of halogens is 1. The highest BCUT2D eigenvalue weighted by Crippen LogP contribution is 2.16. The summed E-state index contributed by atoms with van der Waals surface area (Å²) in [5, 5.41) is 0. The number of rotatable bonds is 3. The highest BCUT2D eigenvalue weighted by Gasteiger charge is 2.12. The summed E-state index contributed by atoms with van der Waals surface area (Å²) >= 11 is 3.34. The highest BCUT2D eigenvalue weighted by molar-refractivity contribution is 9.10. The molecule has 0 atom stereocenters.